The molecule has 1 aliphatic rings. The second-order valence-electron chi connectivity index (χ2n) is 5.65. The van der Waals surface area contributed by atoms with Crippen molar-refractivity contribution in [1.29, 1.82) is 0 Å². The number of amides is 1. The summed E-state index contributed by atoms with van der Waals surface area (Å²) in [4.78, 5) is 14.0. The van der Waals surface area contributed by atoms with Crippen LogP contribution in [0.5, 0.6) is 5.75 Å². The van der Waals surface area contributed by atoms with Crippen molar-refractivity contribution in [1.82, 2.24) is 5.32 Å². The lowest BCUT2D eigenvalue weighted by atomic mass is 10.1. The van der Waals surface area contributed by atoms with Gasteiger partial charge in [-0.25, -0.2) is 0 Å². The van der Waals surface area contributed by atoms with E-state index in [0.717, 1.165) is 36.3 Å². The predicted octanol–water partition coefficient (Wildman–Crippen LogP) is 3.07. The highest BCUT2D eigenvalue weighted by Gasteiger charge is 2.22. The van der Waals surface area contributed by atoms with Gasteiger partial charge in [-0.2, -0.15) is 0 Å². The minimum absolute atomic E-state index is 0.134. The van der Waals surface area contributed by atoms with Gasteiger partial charge >= 0.3 is 0 Å². The van der Waals surface area contributed by atoms with Gasteiger partial charge in [0, 0.05) is 25.2 Å². The zero-order valence-electron chi connectivity index (χ0n) is 13.6. The number of rotatable bonds is 5. The number of hydrogen-bond donors (Lipinski definition) is 2. The monoisotopic (exact) mass is 333 g/mol. The summed E-state index contributed by atoms with van der Waals surface area (Å²) in [6.07, 6.45) is 2.54. The van der Waals surface area contributed by atoms with E-state index in [1.165, 1.54) is 0 Å². The number of hydrogen-bond acceptors (Lipinski definition) is 3. The summed E-state index contributed by atoms with van der Waals surface area (Å²) in [5, 5.41) is 6.73. The fourth-order valence-corrected chi connectivity index (χ4v) is 2.64. The van der Waals surface area contributed by atoms with E-state index in [2.05, 4.69) is 17.2 Å². The van der Waals surface area contributed by atoms with E-state index in [0.29, 0.717) is 23.8 Å². The highest BCUT2D eigenvalue weighted by Crippen LogP contribution is 2.33. The molecule has 0 spiro atoms. The Morgan fingerprint density at radius 2 is 2.22 bits per heavy atom. The number of anilines is 2. The number of thiocarbonyl (C=S) groups is 1. The minimum atomic E-state index is 0.134. The predicted molar refractivity (Wildman–Crippen MR) is 98.2 cm³/mol. The molecule has 0 unspecified atom stereocenters. The smallest absolute Gasteiger partial charge is 0.227 e. The van der Waals surface area contributed by atoms with Crippen LogP contribution in [0.25, 0.3) is 0 Å². The average Bonchev–Trinajstić information content (AvgIpc) is 2.53. The van der Waals surface area contributed by atoms with Crippen LogP contribution >= 0.6 is 12.2 Å². The van der Waals surface area contributed by atoms with Crippen molar-refractivity contribution in [2.75, 3.05) is 30.4 Å². The number of carbonyl (C=O) groups is 1. The van der Waals surface area contributed by atoms with Gasteiger partial charge in [-0.1, -0.05) is 12.2 Å². The Bertz CT molecular complexity index is 616. The Hall–Kier alpha value is -2.08. The molecule has 6 heteroatoms. The molecule has 1 amide bonds. The fraction of sp³-hybridized carbons (Fsp3) is 0.412. The maximum absolute atomic E-state index is 12.2. The number of methoxy groups -OCH3 is 1. The molecule has 23 heavy (non-hydrogen) atoms. The first-order valence-electron chi connectivity index (χ1n) is 7.69. The molecule has 0 aromatic heterocycles. The Morgan fingerprint density at radius 3 is 2.87 bits per heavy atom. The van der Waals surface area contributed by atoms with Crippen LogP contribution in [0.15, 0.2) is 30.4 Å². The van der Waals surface area contributed by atoms with Crippen LogP contribution in [0.3, 0.4) is 0 Å². The maximum atomic E-state index is 12.2. The average molecular weight is 333 g/mol. The van der Waals surface area contributed by atoms with E-state index in [9.17, 15) is 4.79 Å². The van der Waals surface area contributed by atoms with Crippen molar-refractivity contribution in [3.05, 3.63) is 30.4 Å². The lowest BCUT2D eigenvalue weighted by Crippen LogP contribution is -2.35. The number of carbonyl (C=O) groups excluding carboxylic acids is 1. The number of benzene rings is 1. The first kappa shape index (κ1) is 17.3. The van der Waals surface area contributed by atoms with Crippen molar-refractivity contribution in [3.63, 3.8) is 0 Å². The highest BCUT2D eigenvalue weighted by molar-refractivity contribution is 7.80. The molecular formula is C17H23N3O2S. The lowest BCUT2D eigenvalue weighted by molar-refractivity contribution is -0.119. The number of nitrogens with zero attached hydrogens (tertiary/aromatic N) is 1. The standard InChI is InChI=1S/C17H23N3O2S/c1-12(2)11-18-17(23)19-13-7-8-15(22-3)14(10-13)20-9-5-4-6-16(20)21/h7-8,10H,1,4-6,9,11H2,2-3H3,(H2,18,19,23). The third kappa shape index (κ3) is 4.69. The molecule has 1 aromatic rings. The summed E-state index contributed by atoms with van der Waals surface area (Å²) < 4.78 is 5.40. The van der Waals surface area contributed by atoms with Crippen molar-refractivity contribution in [3.8, 4) is 5.75 Å². The van der Waals surface area contributed by atoms with Crippen LogP contribution < -0.4 is 20.3 Å². The zero-order chi connectivity index (χ0) is 16.8. The third-order valence-corrected chi connectivity index (χ3v) is 3.85. The summed E-state index contributed by atoms with van der Waals surface area (Å²) >= 11 is 5.26. The topological polar surface area (TPSA) is 53.6 Å². The van der Waals surface area contributed by atoms with Gasteiger partial charge in [0.05, 0.1) is 12.8 Å². The number of nitrogens with one attached hydrogen (secondary N) is 2. The molecule has 0 bridgehead atoms. The van der Waals surface area contributed by atoms with E-state index in [4.69, 9.17) is 17.0 Å². The van der Waals surface area contributed by atoms with E-state index >= 15 is 0 Å². The Balaban J connectivity index is 2.16. The second-order valence-corrected chi connectivity index (χ2v) is 6.06. The maximum Gasteiger partial charge on any atom is 0.227 e. The molecule has 5 nitrogen and oxygen atoms in total. The van der Waals surface area contributed by atoms with E-state index < -0.39 is 0 Å². The fourth-order valence-electron chi connectivity index (χ4n) is 2.45. The van der Waals surface area contributed by atoms with Crippen LogP contribution in [0, 0.1) is 0 Å². The summed E-state index contributed by atoms with van der Waals surface area (Å²) in [5.74, 6) is 0.821. The minimum Gasteiger partial charge on any atom is -0.495 e. The Labute approximate surface area is 142 Å². The van der Waals surface area contributed by atoms with Gasteiger partial charge in [-0.15, -0.1) is 0 Å². The van der Waals surface area contributed by atoms with Crippen molar-refractivity contribution < 1.29 is 9.53 Å². The zero-order valence-corrected chi connectivity index (χ0v) is 14.5. The van der Waals surface area contributed by atoms with E-state index in [1.807, 2.05) is 25.1 Å². The lowest BCUT2D eigenvalue weighted by Gasteiger charge is -2.28. The molecule has 2 N–H and O–H groups in total. The third-order valence-electron chi connectivity index (χ3n) is 3.60. The first-order chi connectivity index (χ1) is 11.0. The summed E-state index contributed by atoms with van der Waals surface area (Å²) in [7, 11) is 1.61. The van der Waals surface area contributed by atoms with Gasteiger partial charge in [0.1, 0.15) is 5.75 Å². The molecule has 1 heterocycles. The first-order valence-corrected chi connectivity index (χ1v) is 8.09. The molecule has 2 rings (SSSR count). The highest BCUT2D eigenvalue weighted by atomic mass is 32.1. The summed E-state index contributed by atoms with van der Waals surface area (Å²) in [6, 6.07) is 5.63. The quantitative estimate of drug-likeness (QED) is 0.641. The Kier molecular flexibility index (Phi) is 5.98. The normalized spacial score (nSPS) is 14.3. The van der Waals surface area contributed by atoms with Crippen molar-refractivity contribution in [2.45, 2.75) is 26.2 Å². The van der Waals surface area contributed by atoms with Gasteiger partial charge in [0.25, 0.3) is 0 Å². The van der Waals surface area contributed by atoms with Crippen LogP contribution in [0.4, 0.5) is 11.4 Å². The van der Waals surface area contributed by atoms with Crippen LogP contribution in [0.2, 0.25) is 0 Å². The van der Waals surface area contributed by atoms with Crippen LogP contribution in [-0.4, -0.2) is 31.2 Å². The molecule has 1 saturated heterocycles. The second kappa shape index (κ2) is 7.97. The molecule has 1 fully saturated rings. The van der Waals surface area contributed by atoms with E-state index in [1.54, 1.807) is 12.0 Å². The molecule has 1 aromatic carbocycles. The SMILES string of the molecule is C=C(C)CNC(=S)Nc1ccc(OC)c(N2CCCCC2=O)c1. The molecule has 0 aliphatic carbocycles. The van der Waals surface area contributed by atoms with Gasteiger partial charge in [0.15, 0.2) is 5.11 Å². The molecule has 0 radical (unpaired) electrons. The molecule has 124 valence electrons. The van der Waals surface area contributed by atoms with Crippen LogP contribution in [-0.2, 0) is 4.79 Å². The van der Waals surface area contributed by atoms with Crippen LogP contribution in [0.1, 0.15) is 26.2 Å². The van der Waals surface area contributed by atoms with Gasteiger partial charge in [-0.3, -0.25) is 4.79 Å². The molecule has 1 aliphatic heterocycles. The largest absolute Gasteiger partial charge is 0.495 e. The molecule has 0 atom stereocenters. The van der Waals surface area contributed by atoms with Gasteiger partial charge < -0.3 is 20.3 Å². The summed E-state index contributed by atoms with van der Waals surface area (Å²) in [5.41, 5.74) is 2.60. The van der Waals surface area contributed by atoms with Gasteiger partial charge in [0.2, 0.25) is 5.91 Å². The van der Waals surface area contributed by atoms with Crippen molar-refractivity contribution in [2.24, 2.45) is 0 Å². The van der Waals surface area contributed by atoms with E-state index in [-0.39, 0.29) is 5.91 Å². The Morgan fingerprint density at radius 1 is 1.43 bits per heavy atom. The molecular weight excluding hydrogens is 310 g/mol. The molecule has 0 saturated carbocycles. The number of ether oxygens (including phenoxy) is 1. The van der Waals surface area contributed by atoms with Crippen molar-refractivity contribution >= 4 is 34.6 Å². The number of piperidine rings is 1. The summed E-state index contributed by atoms with van der Waals surface area (Å²) in [6.45, 7) is 7.11. The van der Waals surface area contributed by atoms with Gasteiger partial charge in [-0.05, 0) is 50.2 Å².